The summed E-state index contributed by atoms with van der Waals surface area (Å²) in [5.74, 6) is 0.171. The summed E-state index contributed by atoms with van der Waals surface area (Å²) in [6, 6.07) is 23.2. The zero-order valence-corrected chi connectivity index (χ0v) is 24.7. The predicted molar refractivity (Wildman–Crippen MR) is 163 cm³/mol. The molecule has 3 aromatic carbocycles. The molecule has 9 heteroatoms. The number of halogens is 2. The smallest absolute Gasteiger partial charge is 0.224 e. The Morgan fingerprint density at radius 2 is 1.70 bits per heavy atom. The van der Waals surface area contributed by atoms with Crippen LogP contribution in [-0.2, 0) is 27.4 Å². The summed E-state index contributed by atoms with van der Waals surface area (Å²) in [5, 5.41) is 3.76. The molecule has 2 aliphatic rings. The second-order valence-corrected chi connectivity index (χ2v) is 11.7. The van der Waals surface area contributed by atoms with Gasteiger partial charge in [-0.1, -0.05) is 60.7 Å². The molecule has 0 radical (unpaired) electrons. The number of hydrogen-bond donors (Lipinski definition) is 1. The molecule has 1 N–H and O–H groups in total. The lowest BCUT2D eigenvalue weighted by Gasteiger charge is -2.32. The molecule has 6 rings (SSSR count). The van der Waals surface area contributed by atoms with Gasteiger partial charge in [-0.05, 0) is 54.0 Å². The lowest BCUT2D eigenvalue weighted by atomic mass is 9.90. The van der Waals surface area contributed by atoms with Gasteiger partial charge < -0.3 is 24.3 Å². The molecule has 0 spiro atoms. The van der Waals surface area contributed by atoms with Crippen molar-refractivity contribution in [3.63, 3.8) is 0 Å². The molecule has 2 atom stereocenters. The van der Waals surface area contributed by atoms with Gasteiger partial charge in [-0.25, -0.2) is 13.8 Å². The number of rotatable bonds is 12. The molecule has 1 unspecified atom stereocenters. The summed E-state index contributed by atoms with van der Waals surface area (Å²) in [6.07, 6.45) is 3.96. The fraction of sp³-hybridized carbons (Fsp3) is 0.371. The number of likely N-dealkylation sites (tertiary alicyclic amines) is 1. The van der Waals surface area contributed by atoms with Crippen LogP contribution in [-0.4, -0.2) is 53.4 Å². The normalized spacial score (nSPS) is 18.2. The molecular weight excluding hydrogens is 562 g/mol. The van der Waals surface area contributed by atoms with Crippen molar-refractivity contribution in [2.24, 2.45) is 11.8 Å². The van der Waals surface area contributed by atoms with Crippen LogP contribution in [0.2, 0.25) is 0 Å². The van der Waals surface area contributed by atoms with E-state index in [4.69, 9.17) is 14.5 Å². The first-order chi connectivity index (χ1) is 21.5. The van der Waals surface area contributed by atoms with E-state index in [1.165, 1.54) is 6.07 Å². The van der Waals surface area contributed by atoms with E-state index < -0.39 is 11.6 Å². The van der Waals surface area contributed by atoms with Crippen molar-refractivity contribution >= 4 is 5.91 Å². The largest absolute Gasteiger partial charge is 0.381 e. The van der Waals surface area contributed by atoms with Gasteiger partial charge in [-0.15, -0.1) is 0 Å². The molecule has 44 heavy (non-hydrogen) atoms. The highest BCUT2D eigenvalue weighted by Crippen LogP contribution is 2.33. The maximum atomic E-state index is 14.9. The average Bonchev–Trinajstić information content (AvgIpc) is 3.62. The molecule has 0 aliphatic carbocycles. The highest BCUT2D eigenvalue weighted by molar-refractivity contribution is 5.78. The average molecular weight is 601 g/mol. The van der Waals surface area contributed by atoms with Gasteiger partial charge in [0.15, 0.2) is 0 Å². The van der Waals surface area contributed by atoms with Crippen molar-refractivity contribution in [3.05, 3.63) is 114 Å². The van der Waals surface area contributed by atoms with Crippen molar-refractivity contribution in [1.29, 1.82) is 0 Å². The third-order valence-corrected chi connectivity index (χ3v) is 8.50. The molecule has 7 nitrogen and oxygen atoms in total. The molecule has 230 valence electrons. The third kappa shape index (κ3) is 7.41. The van der Waals surface area contributed by atoms with Crippen LogP contribution in [0.15, 0.2) is 85.1 Å². The number of carbonyl (C=O) groups is 1. The SMILES string of the molecule is O=C1CC(CN[C@@H](c2nc(-c3cc(F)ccc3F)cn2Cc2ccccc2)C2CCOCC2)CN1COCc1ccccc1. The molecule has 1 amide bonds. The predicted octanol–water partition coefficient (Wildman–Crippen LogP) is 5.96. The number of benzene rings is 3. The number of amides is 1. The number of ether oxygens (including phenoxy) is 2. The summed E-state index contributed by atoms with van der Waals surface area (Å²) in [6.45, 7) is 3.79. The van der Waals surface area contributed by atoms with Crippen LogP contribution in [0, 0.1) is 23.5 Å². The van der Waals surface area contributed by atoms with Crippen molar-refractivity contribution < 1.29 is 23.0 Å². The van der Waals surface area contributed by atoms with E-state index in [0.717, 1.165) is 41.9 Å². The van der Waals surface area contributed by atoms with Crippen molar-refractivity contribution in [1.82, 2.24) is 19.8 Å². The molecule has 0 bridgehead atoms. The van der Waals surface area contributed by atoms with Crippen LogP contribution < -0.4 is 5.32 Å². The fourth-order valence-corrected chi connectivity index (χ4v) is 6.18. The molecule has 0 saturated carbocycles. The van der Waals surface area contributed by atoms with Gasteiger partial charge in [0, 0.05) is 51.0 Å². The molecule has 2 fully saturated rings. The number of nitrogens with zero attached hydrogens (tertiary/aromatic N) is 3. The number of nitrogens with one attached hydrogen (secondary N) is 1. The fourth-order valence-electron chi connectivity index (χ4n) is 6.18. The van der Waals surface area contributed by atoms with E-state index in [1.54, 1.807) is 4.90 Å². The first kappa shape index (κ1) is 30.1. The van der Waals surface area contributed by atoms with E-state index in [1.807, 2.05) is 71.4 Å². The van der Waals surface area contributed by atoms with Crippen LogP contribution in [0.25, 0.3) is 11.3 Å². The number of aromatic nitrogens is 2. The lowest BCUT2D eigenvalue weighted by molar-refractivity contribution is -0.132. The maximum Gasteiger partial charge on any atom is 0.224 e. The molecule has 3 heterocycles. The summed E-state index contributed by atoms with van der Waals surface area (Å²) in [5.41, 5.74) is 2.68. The van der Waals surface area contributed by atoms with Gasteiger partial charge in [0.05, 0.1) is 18.3 Å². The number of imidazole rings is 1. The number of hydrogen-bond acceptors (Lipinski definition) is 5. The highest BCUT2D eigenvalue weighted by Gasteiger charge is 2.34. The quantitative estimate of drug-likeness (QED) is 0.218. The van der Waals surface area contributed by atoms with Crippen molar-refractivity contribution in [3.8, 4) is 11.3 Å². The maximum absolute atomic E-state index is 14.9. The topological polar surface area (TPSA) is 68.6 Å². The first-order valence-corrected chi connectivity index (χ1v) is 15.3. The van der Waals surface area contributed by atoms with E-state index in [-0.39, 0.29) is 36.1 Å². The monoisotopic (exact) mass is 600 g/mol. The van der Waals surface area contributed by atoms with E-state index >= 15 is 0 Å². The Hall–Kier alpha value is -3.92. The van der Waals surface area contributed by atoms with E-state index in [9.17, 15) is 13.6 Å². The van der Waals surface area contributed by atoms with Gasteiger partial charge in [0.2, 0.25) is 5.91 Å². The second-order valence-electron chi connectivity index (χ2n) is 11.7. The Morgan fingerprint density at radius 3 is 2.45 bits per heavy atom. The number of carbonyl (C=O) groups excluding carboxylic acids is 1. The second kappa shape index (κ2) is 14.2. The van der Waals surface area contributed by atoms with Crippen LogP contribution in [0.1, 0.15) is 42.3 Å². The summed E-state index contributed by atoms with van der Waals surface area (Å²) in [4.78, 5) is 19.6. The summed E-state index contributed by atoms with van der Waals surface area (Å²) >= 11 is 0. The Kier molecular flexibility index (Phi) is 9.75. The Bertz CT molecular complexity index is 1530. The van der Waals surface area contributed by atoms with Gasteiger partial charge in [-0.3, -0.25) is 4.79 Å². The summed E-state index contributed by atoms with van der Waals surface area (Å²) < 4.78 is 42.7. The van der Waals surface area contributed by atoms with Crippen LogP contribution in [0.5, 0.6) is 0 Å². The minimum atomic E-state index is -0.517. The van der Waals surface area contributed by atoms with Gasteiger partial charge in [0.25, 0.3) is 0 Å². The molecule has 1 aromatic heterocycles. The van der Waals surface area contributed by atoms with Crippen molar-refractivity contribution in [2.75, 3.05) is 33.0 Å². The van der Waals surface area contributed by atoms with Gasteiger partial charge in [0.1, 0.15) is 24.2 Å². The zero-order valence-electron chi connectivity index (χ0n) is 24.7. The Morgan fingerprint density at radius 1 is 0.977 bits per heavy atom. The molecule has 2 saturated heterocycles. The molecule has 2 aliphatic heterocycles. The lowest BCUT2D eigenvalue weighted by Crippen LogP contribution is -2.37. The third-order valence-electron chi connectivity index (χ3n) is 8.50. The molecule has 4 aromatic rings. The Labute approximate surface area is 256 Å². The minimum absolute atomic E-state index is 0.0851. The zero-order chi connectivity index (χ0) is 30.3. The van der Waals surface area contributed by atoms with Crippen LogP contribution in [0.3, 0.4) is 0 Å². The van der Waals surface area contributed by atoms with Crippen molar-refractivity contribution in [2.45, 2.75) is 38.5 Å². The first-order valence-electron chi connectivity index (χ1n) is 15.3. The van der Waals surface area contributed by atoms with Crippen LogP contribution in [0.4, 0.5) is 8.78 Å². The summed E-state index contributed by atoms with van der Waals surface area (Å²) in [7, 11) is 0. The van der Waals surface area contributed by atoms with E-state index in [0.29, 0.717) is 51.6 Å². The van der Waals surface area contributed by atoms with Gasteiger partial charge in [-0.2, -0.15) is 0 Å². The highest BCUT2D eigenvalue weighted by atomic mass is 19.1. The van der Waals surface area contributed by atoms with E-state index in [2.05, 4.69) is 5.32 Å². The van der Waals surface area contributed by atoms with Crippen LogP contribution >= 0.6 is 0 Å². The molecular formula is C35H38F2N4O3. The van der Waals surface area contributed by atoms with Gasteiger partial charge >= 0.3 is 0 Å². The Balaban J connectivity index is 1.21. The standard InChI is InChI=1S/C35H38F2N4O3/c36-29-11-12-31(37)30(18-29)32-22-40(20-25-7-3-1-4-8-25)35(39-32)34(28-13-15-43-16-14-28)38-19-27-17-33(42)41(21-27)24-44-23-26-9-5-2-6-10-26/h1-12,18,22,27-28,34,38H,13-17,19-21,23-24H2/t27?,34-/m1/s1. The minimum Gasteiger partial charge on any atom is -0.381 e.